The van der Waals surface area contributed by atoms with Gasteiger partial charge in [0.2, 0.25) is 0 Å². The highest BCUT2D eigenvalue weighted by Crippen LogP contribution is 2.47. The van der Waals surface area contributed by atoms with Crippen molar-refractivity contribution >= 4 is 35.8 Å². The van der Waals surface area contributed by atoms with Gasteiger partial charge in [-0.25, -0.2) is 4.57 Å². The molecule has 1 unspecified atom stereocenters. The lowest BCUT2D eigenvalue weighted by Gasteiger charge is -2.26. The number of anilines is 2. The van der Waals surface area contributed by atoms with Crippen LogP contribution in [-0.4, -0.2) is 37.8 Å². The number of ketones is 2. The normalized spacial score (nSPS) is 15.0. The fourth-order valence-corrected chi connectivity index (χ4v) is 5.40. The average Bonchev–Trinajstić information content (AvgIpc) is 3.04. The molecule has 4 rings (SSSR count). The fourth-order valence-electron chi connectivity index (χ4n) is 3.86. The van der Waals surface area contributed by atoms with Crippen LogP contribution < -0.4 is 30.9 Å². The van der Waals surface area contributed by atoms with E-state index in [1.54, 1.807) is 29.2 Å². The minimum atomic E-state index is -3.91. The quantitative estimate of drug-likeness (QED) is 0.271. The monoisotopic (exact) mass is 496 g/mol. The van der Waals surface area contributed by atoms with Crippen LogP contribution in [0.2, 0.25) is 0 Å². The Kier molecular flexibility index (Phi) is 7.00. The molecule has 1 aliphatic rings. The Labute approximate surface area is 201 Å². The van der Waals surface area contributed by atoms with E-state index >= 15 is 0 Å². The maximum absolute atomic E-state index is 13.9. The van der Waals surface area contributed by atoms with Crippen molar-refractivity contribution in [1.82, 2.24) is 0 Å². The summed E-state index contributed by atoms with van der Waals surface area (Å²) >= 11 is 0. The van der Waals surface area contributed by atoms with Crippen molar-refractivity contribution in [2.75, 3.05) is 36.5 Å². The predicted octanol–water partition coefficient (Wildman–Crippen LogP) is 2.92. The molecule has 182 valence electrons. The van der Waals surface area contributed by atoms with Gasteiger partial charge in [0.05, 0.1) is 11.9 Å². The van der Waals surface area contributed by atoms with E-state index < -0.39 is 18.5 Å². The zero-order valence-electron chi connectivity index (χ0n) is 19.4. The first-order chi connectivity index (χ1) is 16.7. The number of carbonyl (C=O) groups excluding carboxylic acids is 2. The largest absolute Gasteiger partial charge is 0.421 e. The first-order valence-electron chi connectivity index (χ1n) is 11.2. The zero-order valence-corrected chi connectivity index (χ0v) is 20.3. The van der Waals surface area contributed by atoms with E-state index in [9.17, 15) is 23.7 Å². The van der Waals surface area contributed by atoms with E-state index in [0.717, 1.165) is 6.42 Å². The number of Topliss-reactive ketones (excluding diaryl/α,β-unsaturated/α-hetero) is 2. The molecule has 0 fully saturated rings. The van der Waals surface area contributed by atoms with Gasteiger partial charge in [0.1, 0.15) is 17.1 Å². The summed E-state index contributed by atoms with van der Waals surface area (Å²) in [5.41, 5.74) is 0.517. The van der Waals surface area contributed by atoms with Crippen LogP contribution in [0.15, 0.2) is 58.1 Å². The van der Waals surface area contributed by atoms with Crippen LogP contribution in [-0.2, 0) is 9.09 Å². The third-order valence-corrected chi connectivity index (χ3v) is 7.71. The van der Waals surface area contributed by atoms with Crippen LogP contribution >= 0.6 is 7.60 Å². The van der Waals surface area contributed by atoms with Gasteiger partial charge in [-0.15, -0.1) is 0 Å². The lowest BCUT2D eigenvalue weighted by Crippen LogP contribution is -2.42. The van der Waals surface area contributed by atoms with Crippen molar-refractivity contribution in [3.05, 3.63) is 80.1 Å². The minimum Gasteiger partial charge on any atom is -0.421 e. The summed E-state index contributed by atoms with van der Waals surface area (Å²) in [6.45, 7) is 4.18. The van der Waals surface area contributed by atoms with E-state index in [0.29, 0.717) is 35.6 Å². The highest BCUT2D eigenvalue weighted by atomic mass is 31.2. The first kappa shape index (κ1) is 24.6. The molecule has 0 spiro atoms. The Balaban J connectivity index is 1.55. The van der Waals surface area contributed by atoms with E-state index in [1.165, 1.54) is 38.1 Å². The molecule has 0 amide bonds. The van der Waals surface area contributed by atoms with Crippen LogP contribution in [0.1, 0.15) is 41.0 Å². The number of nitrogens with zero attached hydrogens (tertiary/aromatic N) is 1. The van der Waals surface area contributed by atoms with Crippen molar-refractivity contribution in [3.8, 4) is 5.75 Å². The summed E-state index contributed by atoms with van der Waals surface area (Å²) in [5.74, 6) is 0.00441. The molecule has 3 aromatic rings. The number of fused-ring (bicyclic) bond motifs is 1. The van der Waals surface area contributed by atoms with Gasteiger partial charge >= 0.3 is 7.60 Å². The van der Waals surface area contributed by atoms with E-state index in [1.807, 2.05) is 0 Å². The third kappa shape index (κ3) is 5.11. The van der Waals surface area contributed by atoms with Gasteiger partial charge in [0.15, 0.2) is 11.6 Å². The molecular weight excluding hydrogens is 471 g/mol. The van der Waals surface area contributed by atoms with Gasteiger partial charge < -0.3 is 14.7 Å². The summed E-state index contributed by atoms with van der Waals surface area (Å²) in [5, 5.41) is 3.23. The molecule has 3 aromatic carbocycles. The van der Waals surface area contributed by atoms with Gasteiger partial charge in [-0.05, 0) is 56.7 Å². The third-order valence-electron chi connectivity index (χ3n) is 5.81. The van der Waals surface area contributed by atoms with Gasteiger partial charge in [-0.1, -0.05) is 12.1 Å². The molecule has 9 nitrogen and oxygen atoms in total. The second-order valence-electron chi connectivity index (χ2n) is 8.25. The standard InChI is InChI=1S/C25H25N2O7P/c1-16(28)18-4-8-20(9-5-18)34-35(32,21-10-6-19(7-11-21)17(2)29)33-15-14-27-13-3-12-26-22-23(27)25(31)24(22)30/h4-11,26H,3,12-15H2,1-2H3. The van der Waals surface area contributed by atoms with Crippen LogP contribution in [0.25, 0.3) is 0 Å². The average molecular weight is 496 g/mol. The molecule has 35 heavy (non-hydrogen) atoms. The molecular formula is C25H25N2O7P. The van der Waals surface area contributed by atoms with Crippen molar-refractivity contribution in [2.45, 2.75) is 20.3 Å². The Morgan fingerprint density at radius 2 is 1.54 bits per heavy atom. The lowest BCUT2D eigenvalue weighted by molar-refractivity contribution is 0.100. The molecule has 1 atom stereocenters. The summed E-state index contributed by atoms with van der Waals surface area (Å²) < 4.78 is 25.5. The van der Waals surface area contributed by atoms with Crippen LogP contribution in [0, 0.1) is 0 Å². The summed E-state index contributed by atoms with van der Waals surface area (Å²) in [6, 6.07) is 12.3. The lowest BCUT2D eigenvalue weighted by atomic mass is 10.1. The van der Waals surface area contributed by atoms with Crippen LogP contribution in [0.4, 0.5) is 11.4 Å². The first-order valence-corrected chi connectivity index (χ1v) is 12.7. The van der Waals surface area contributed by atoms with Crippen LogP contribution in [0.5, 0.6) is 5.75 Å². The molecule has 0 radical (unpaired) electrons. The van der Waals surface area contributed by atoms with Gasteiger partial charge in [0, 0.05) is 30.8 Å². The van der Waals surface area contributed by atoms with Gasteiger partial charge in [-0.2, -0.15) is 0 Å². The van der Waals surface area contributed by atoms with E-state index in [2.05, 4.69) is 5.32 Å². The van der Waals surface area contributed by atoms with Crippen molar-refractivity contribution in [3.63, 3.8) is 0 Å². The van der Waals surface area contributed by atoms with E-state index in [4.69, 9.17) is 9.05 Å². The Hall–Kier alpha value is -3.55. The second kappa shape index (κ2) is 9.98. The number of hydrogen-bond donors (Lipinski definition) is 1. The van der Waals surface area contributed by atoms with Crippen molar-refractivity contribution in [1.29, 1.82) is 0 Å². The molecule has 0 aromatic heterocycles. The molecule has 1 heterocycles. The Bertz CT molecular complexity index is 1370. The Morgan fingerprint density at radius 1 is 0.943 bits per heavy atom. The molecule has 0 saturated carbocycles. The molecule has 0 saturated heterocycles. The number of hydrogen-bond acceptors (Lipinski definition) is 9. The number of rotatable bonds is 9. The molecule has 0 bridgehead atoms. The van der Waals surface area contributed by atoms with Gasteiger partial charge in [-0.3, -0.25) is 23.7 Å². The molecule has 1 N–H and O–H groups in total. The van der Waals surface area contributed by atoms with Crippen LogP contribution in [0.3, 0.4) is 0 Å². The number of nitrogens with one attached hydrogen (secondary N) is 1. The number of carbonyl (C=O) groups is 2. The smallest absolute Gasteiger partial charge is 0.410 e. The molecule has 1 aliphatic heterocycles. The maximum Gasteiger partial charge on any atom is 0.410 e. The predicted molar refractivity (Wildman–Crippen MR) is 133 cm³/mol. The SMILES string of the molecule is CC(=O)c1ccc(OP(=O)(OCCN2CCCNc3c2c(=O)c3=O)c2ccc(C(C)=O)cc2)cc1. The molecule has 10 heteroatoms. The van der Waals surface area contributed by atoms with E-state index in [-0.39, 0.29) is 35.8 Å². The fraction of sp³-hybridized carbons (Fsp3) is 0.280. The topological polar surface area (TPSA) is 119 Å². The highest BCUT2D eigenvalue weighted by Gasteiger charge is 2.32. The zero-order chi connectivity index (χ0) is 25.2. The maximum atomic E-state index is 13.9. The summed E-state index contributed by atoms with van der Waals surface area (Å²) in [7, 11) is -3.91. The van der Waals surface area contributed by atoms with Crippen molar-refractivity contribution < 1.29 is 23.2 Å². The minimum absolute atomic E-state index is 0.0461. The second-order valence-corrected chi connectivity index (χ2v) is 10.2. The highest BCUT2D eigenvalue weighted by molar-refractivity contribution is 7.62. The molecule has 0 aliphatic carbocycles. The Morgan fingerprint density at radius 3 is 2.14 bits per heavy atom. The number of benzene rings is 2. The van der Waals surface area contributed by atoms with Gasteiger partial charge in [0.25, 0.3) is 10.9 Å². The van der Waals surface area contributed by atoms with Crippen molar-refractivity contribution in [2.24, 2.45) is 0 Å². The summed E-state index contributed by atoms with van der Waals surface area (Å²) in [6.07, 6.45) is 0.719. The summed E-state index contributed by atoms with van der Waals surface area (Å²) in [4.78, 5) is 48.9.